The molecule has 16 heavy (non-hydrogen) atoms. The largest absolute Gasteiger partial charge is 0.491 e. The van der Waals surface area contributed by atoms with E-state index in [1.807, 2.05) is 0 Å². The zero-order valence-electron chi connectivity index (χ0n) is 8.27. The van der Waals surface area contributed by atoms with Crippen LogP contribution in [0.5, 0.6) is 5.75 Å². The summed E-state index contributed by atoms with van der Waals surface area (Å²) < 4.78 is 17.8. The normalized spacial score (nSPS) is 9.56. The van der Waals surface area contributed by atoms with Crippen molar-refractivity contribution < 1.29 is 23.8 Å². The second kappa shape index (κ2) is 5.69. The van der Waals surface area contributed by atoms with Crippen molar-refractivity contribution in [1.29, 1.82) is 0 Å². The van der Waals surface area contributed by atoms with Gasteiger partial charge >= 0.3 is 6.09 Å². The number of carbonyl (C=O) groups is 2. The molecule has 0 unspecified atom stereocenters. The Bertz CT molecular complexity index is 394. The molecular formula is C10H10FNO4. The van der Waals surface area contributed by atoms with E-state index in [-0.39, 0.29) is 24.5 Å². The van der Waals surface area contributed by atoms with Gasteiger partial charge in [0.15, 0.2) is 6.29 Å². The van der Waals surface area contributed by atoms with Crippen molar-refractivity contribution in [2.45, 2.75) is 0 Å². The summed E-state index contributed by atoms with van der Waals surface area (Å²) in [6.07, 6.45) is -0.679. The SMILES string of the molecule is O=Cc1cc(F)ccc1OCCNC(=O)O. The topological polar surface area (TPSA) is 75.6 Å². The Hall–Kier alpha value is -2.11. The molecule has 0 spiro atoms. The lowest BCUT2D eigenvalue weighted by Crippen LogP contribution is -2.26. The summed E-state index contributed by atoms with van der Waals surface area (Å²) >= 11 is 0. The molecule has 6 heteroatoms. The van der Waals surface area contributed by atoms with E-state index in [4.69, 9.17) is 9.84 Å². The Morgan fingerprint density at radius 3 is 2.94 bits per heavy atom. The molecule has 0 atom stereocenters. The average molecular weight is 227 g/mol. The molecule has 0 saturated carbocycles. The molecule has 0 fully saturated rings. The molecule has 1 amide bonds. The van der Waals surface area contributed by atoms with Crippen molar-refractivity contribution in [2.24, 2.45) is 0 Å². The van der Waals surface area contributed by atoms with Crippen LogP contribution in [-0.4, -0.2) is 30.6 Å². The van der Waals surface area contributed by atoms with Crippen LogP contribution in [0, 0.1) is 5.82 Å². The van der Waals surface area contributed by atoms with Crippen LogP contribution in [0.1, 0.15) is 10.4 Å². The highest BCUT2D eigenvalue weighted by Crippen LogP contribution is 2.17. The van der Waals surface area contributed by atoms with Gasteiger partial charge in [0.25, 0.3) is 0 Å². The quantitative estimate of drug-likeness (QED) is 0.587. The fourth-order valence-corrected chi connectivity index (χ4v) is 1.06. The highest BCUT2D eigenvalue weighted by atomic mass is 19.1. The lowest BCUT2D eigenvalue weighted by Gasteiger charge is -2.07. The summed E-state index contributed by atoms with van der Waals surface area (Å²) in [4.78, 5) is 20.7. The molecule has 0 radical (unpaired) electrons. The predicted molar refractivity (Wildman–Crippen MR) is 53.3 cm³/mol. The van der Waals surface area contributed by atoms with E-state index in [1.165, 1.54) is 6.07 Å². The van der Waals surface area contributed by atoms with Crippen LogP contribution in [0.2, 0.25) is 0 Å². The smallest absolute Gasteiger partial charge is 0.404 e. The van der Waals surface area contributed by atoms with E-state index in [0.29, 0.717) is 6.29 Å². The van der Waals surface area contributed by atoms with Crippen molar-refractivity contribution >= 4 is 12.4 Å². The van der Waals surface area contributed by atoms with Gasteiger partial charge in [0.2, 0.25) is 0 Å². The first-order valence-electron chi connectivity index (χ1n) is 4.48. The van der Waals surface area contributed by atoms with Crippen LogP contribution < -0.4 is 10.1 Å². The molecule has 1 aromatic rings. The monoisotopic (exact) mass is 227 g/mol. The molecule has 5 nitrogen and oxygen atoms in total. The van der Waals surface area contributed by atoms with Gasteiger partial charge < -0.3 is 15.2 Å². The van der Waals surface area contributed by atoms with Crippen LogP contribution in [0.4, 0.5) is 9.18 Å². The molecule has 1 aromatic carbocycles. The Morgan fingerprint density at radius 1 is 1.56 bits per heavy atom. The molecule has 2 N–H and O–H groups in total. The third-order valence-corrected chi connectivity index (χ3v) is 1.73. The highest BCUT2D eigenvalue weighted by Gasteiger charge is 2.04. The molecular weight excluding hydrogens is 217 g/mol. The third-order valence-electron chi connectivity index (χ3n) is 1.73. The summed E-state index contributed by atoms with van der Waals surface area (Å²) in [5.74, 6) is -0.304. The van der Waals surface area contributed by atoms with Crippen LogP contribution in [0.3, 0.4) is 0 Å². The van der Waals surface area contributed by atoms with Crippen molar-refractivity contribution in [2.75, 3.05) is 13.2 Å². The summed E-state index contributed by atoms with van der Waals surface area (Å²) in [6.45, 7) is 0.157. The van der Waals surface area contributed by atoms with E-state index in [2.05, 4.69) is 5.32 Å². The van der Waals surface area contributed by atoms with E-state index in [9.17, 15) is 14.0 Å². The van der Waals surface area contributed by atoms with Crippen molar-refractivity contribution in [3.05, 3.63) is 29.6 Å². The van der Waals surface area contributed by atoms with Gasteiger partial charge in [-0.25, -0.2) is 9.18 Å². The van der Waals surface area contributed by atoms with Gasteiger partial charge in [-0.15, -0.1) is 0 Å². The number of hydrogen-bond acceptors (Lipinski definition) is 3. The van der Waals surface area contributed by atoms with Gasteiger partial charge in [0.05, 0.1) is 12.1 Å². The van der Waals surface area contributed by atoms with Gasteiger partial charge in [-0.1, -0.05) is 0 Å². The number of rotatable bonds is 5. The maximum absolute atomic E-state index is 12.7. The molecule has 0 aliphatic heterocycles. The van der Waals surface area contributed by atoms with Gasteiger partial charge in [-0.05, 0) is 18.2 Å². The first-order valence-corrected chi connectivity index (χ1v) is 4.48. The van der Waals surface area contributed by atoms with E-state index < -0.39 is 11.9 Å². The second-order valence-corrected chi connectivity index (χ2v) is 2.88. The Labute approximate surface area is 90.8 Å². The van der Waals surface area contributed by atoms with Crippen molar-refractivity contribution in [1.82, 2.24) is 5.32 Å². The number of carboxylic acid groups (broad SMARTS) is 1. The average Bonchev–Trinajstić information content (AvgIpc) is 2.25. The molecule has 0 saturated heterocycles. The maximum atomic E-state index is 12.7. The number of aldehydes is 1. The second-order valence-electron chi connectivity index (χ2n) is 2.88. The number of benzene rings is 1. The summed E-state index contributed by atoms with van der Waals surface area (Å²) in [6, 6.07) is 3.53. The number of amides is 1. The maximum Gasteiger partial charge on any atom is 0.404 e. The highest BCUT2D eigenvalue weighted by molar-refractivity contribution is 5.79. The van der Waals surface area contributed by atoms with Crippen molar-refractivity contribution in [3.8, 4) is 5.75 Å². The molecule has 0 aliphatic carbocycles. The molecule has 86 valence electrons. The number of nitrogens with one attached hydrogen (secondary N) is 1. The van der Waals surface area contributed by atoms with Gasteiger partial charge in [-0.3, -0.25) is 4.79 Å². The van der Waals surface area contributed by atoms with Gasteiger partial charge in [0.1, 0.15) is 18.2 Å². The number of ether oxygens (including phenoxy) is 1. The zero-order valence-corrected chi connectivity index (χ0v) is 8.27. The number of halogens is 1. The van der Waals surface area contributed by atoms with Crippen molar-refractivity contribution in [3.63, 3.8) is 0 Å². The Balaban J connectivity index is 2.53. The van der Waals surface area contributed by atoms with Crippen LogP contribution in [-0.2, 0) is 0 Å². The summed E-state index contributed by atoms with van der Waals surface area (Å²) in [7, 11) is 0. The fourth-order valence-electron chi connectivity index (χ4n) is 1.06. The van der Waals surface area contributed by atoms with E-state index in [1.54, 1.807) is 0 Å². The Kier molecular flexibility index (Phi) is 4.26. The molecule has 1 rings (SSSR count). The number of carbonyl (C=O) groups excluding carboxylic acids is 1. The van der Waals surface area contributed by atoms with Crippen LogP contribution in [0.25, 0.3) is 0 Å². The summed E-state index contributed by atoms with van der Waals surface area (Å²) in [5.41, 5.74) is 0.0929. The lowest BCUT2D eigenvalue weighted by molar-refractivity contribution is 0.111. The molecule has 0 aliphatic rings. The zero-order chi connectivity index (χ0) is 12.0. The standard InChI is InChI=1S/C10H10FNO4/c11-8-1-2-9(7(5-8)6-13)16-4-3-12-10(14)15/h1-2,5-6,12H,3-4H2,(H,14,15). The first-order chi connectivity index (χ1) is 7.63. The molecule has 0 aromatic heterocycles. The molecule has 0 heterocycles. The fraction of sp³-hybridized carbons (Fsp3) is 0.200. The van der Waals surface area contributed by atoms with Crippen LogP contribution in [0.15, 0.2) is 18.2 Å². The first kappa shape index (κ1) is 12.0. The number of hydrogen-bond donors (Lipinski definition) is 2. The minimum atomic E-state index is -1.15. The van der Waals surface area contributed by atoms with Crippen LogP contribution >= 0.6 is 0 Å². The Morgan fingerprint density at radius 2 is 2.31 bits per heavy atom. The lowest BCUT2D eigenvalue weighted by atomic mass is 10.2. The third kappa shape index (κ3) is 3.56. The molecule has 0 bridgehead atoms. The predicted octanol–water partition coefficient (Wildman–Crippen LogP) is 1.28. The van der Waals surface area contributed by atoms with E-state index >= 15 is 0 Å². The minimum absolute atomic E-state index is 0.0682. The van der Waals surface area contributed by atoms with Gasteiger partial charge in [0, 0.05) is 0 Å². The minimum Gasteiger partial charge on any atom is -0.491 e. The van der Waals surface area contributed by atoms with E-state index in [0.717, 1.165) is 12.1 Å². The van der Waals surface area contributed by atoms with Gasteiger partial charge in [-0.2, -0.15) is 0 Å². The summed E-state index contributed by atoms with van der Waals surface area (Å²) in [5, 5.41) is 10.4.